The Hall–Kier alpha value is -0.320. The van der Waals surface area contributed by atoms with E-state index in [2.05, 4.69) is 4.98 Å². The lowest BCUT2D eigenvalue weighted by Gasteiger charge is -2.09. The molecule has 1 unspecified atom stereocenters. The molecule has 0 aliphatic heterocycles. The molecule has 0 amide bonds. The molecule has 2 heterocycles. The molecule has 0 radical (unpaired) electrons. The Morgan fingerprint density at radius 1 is 1.25 bits per heavy atom. The summed E-state index contributed by atoms with van der Waals surface area (Å²) in [6.45, 7) is 0. The van der Waals surface area contributed by atoms with Gasteiger partial charge < -0.3 is 5.11 Å². The molecule has 0 saturated carbocycles. The van der Waals surface area contributed by atoms with E-state index in [1.807, 2.05) is 0 Å². The predicted molar refractivity (Wildman–Crippen MR) is 67.6 cm³/mol. The number of hydrogen-bond acceptors (Lipinski definition) is 3. The summed E-state index contributed by atoms with van der Waals surface area (Å²) in [6, 6.07) is 5.00. The van der Waals surface area contributed by atoms with Gasteiger partial charge in [-0.05, 0) is 18.2 Å². The minimum absolute atomic E-state index is 0.338. The van der Waals surface area contributed by atoms with Crippen molar-refractivity contribution >= 4 is 46.1 Å². The maximum absolute atomic E-state index is 10.0. The maximum Gasteiger partial charge on any atom is 0.132 e. The zero-order valence-corrected chi connectivity index (χ0v) is 10.9. The van der Waals surface area contributed by atoms with E-state index in [4.69, 9.17) is 34.8 Å². The molecule has 6 heteroatoms. The highest BCUT2D eigenvalue weighted by Gasteiger charge is 2.17. The Balaban J connectivity index is 2.37. The summed E-state index contributed by atoms with van der Waals surface area (Å²) in [5.41, 5.74) is 0.379. The minimum Gasteiger partial charge on any atom is -0.381 e. The molecule has 2 aromatic rings. The van der Waals surface area contributed by atoms with Crippen molar-refractivity contribution in [2.45, 2.75) is 6.10 Å². The van der Waals surface area contributed by atoms with Crippen LogP contribution in [-0.4, -0.2) is 10.1 Å². The summed E-state index contributed by atoms with van der Waals surface area (Å²) in [7, 11) is 0. The average Bonchev–Trinajstić information content (AvgIpc) is 2.64. The number of aliphatic hydroxyl groups is 1. The lowest BCUT2D eigenvalue weighted by atomic mass is 10.2. The van der Waals surface area contributed by atoms with Gasteiger partial charge in [0.15, 0.2) is 0 Å². The van der Waals surface area contributed by atoms with Crippen LogP contribution >= 0.6 is 46.1 Å². The Kier molecular flexibility index (Phi) is 3.72. The largest absolute Gasteiger partial charge is 0.381 e. The molecule has 16 heavy (non-hydrogen) atoms. The van der Waals surface area contributed by atoms with E-state index in [1.165, 1.54) is 17.5 Å². The van der Waals surface area contributed by atoms with Gasteiger partial charge in [0.2, 0.25) is 0 Å². The first kappa shape index (κ1) is 12.1. The van der Waals surface area contributed by atoms with Crippen LogP contribution in [0.1, 0.15) is 16.7 Å². The van der Waals surface area contributed by atoms with E-state index in [-0.39, 0.29) is 0 Å². The van der Waals surface area contributed by atoms with E-state index >= 15 is 0 Å². The number of thiophene rings is 1. The fourth-order valence-electron chi connectivity index (χ4n) is 1.24. The first-order chi connectivity index (χ1) is 7.58. The highest BCUT2D eigenvalue weighted by molar-refractivity contribution is 7.16. The normalized spacial score (nSPS) is 12.8. The Morgan fingerprint density at radius 3 is 2.56 bits per heavy atom. The van der Waals surface area contributed by atoms with Gasteiger partial charge in [0.1, 0.15) is 6.10 Å². The van der Waals surface area contributed by atoms with Gasteiger partial charge in [-0.25, -0.2) is 0 Å². The van der Waals surface area contributed by atoms with Gasteiger partial charge in [0, 0.05) is 11.1 Å². The van der Waals surface area contributed by atoms with E-state index in [0.29, 0.717) is 25.0 Å². The molecule has 1 N–H and O–H groups in total. The molecule has 0 bridgehead atoms. The van der Waals surface area contributed by atoms with Gasteiger partial charge in [0.05, 0.1) is 20.1 Å². The van der Waals surface area contributed by atoms with Gasteiger partial charge in [-0.2, -0.15) is 0 Å². The van der Waals surface area contributed by atoms with E-state index in [1.54, 1.807) is 18.2 Å². The number of halogens is 3. The van der Waals surface area contributed by atoms with Gasteiger partial charge in [-0.1, -0.05) is 34.8 Å². The molecule has 0 spiro atoms. The van der Waals surface area contributed by atoms with Crippen LogP contribution in [0.2, 0.25) is 14.4 Å². The summed E-state index contributed by atoms with van der Waals surface area (Å²) in [5, 5.41) is 10.8. The summed E-state index contributed by atoms with van der Waals surface area (Å²) in [4.78, 5) is 4.71. The van der Waals surface area contributed by atoms with Gasteiger partial charge in [-0.3, -0.25) is 4.98 Å². The van der Waals surface area contributed by atoms with Crippen LogP contribution in [0.5, 0.6) is 0 Å². The molecule has 2 nitrogen and oxygen atoms in total. The fraction of sp³-hybridized carbons (Fsp3) is 0.100. The van der Waals surface area contributed by atoms with Crippen molar-refractivity contribution in [1.29, 1.82) is 0 Å². The molecule has 0 aromatic carbocycles. The molecule has 1 atom stereocenters. The van der Waals surface area contributed by atoms with Crippen LogP contribution in [0, 0.1) is 0 Å². The SMILES string of the molecule is OC(c1ccc(Cl)s1)c1ncc(Cl)cc1Cl. The Labute approximate surface area is 111 Å². The number of aliphatic hydroxyl groups excluding tert-OH is 1. The topological polar surface area (TPSA) is 33.1 Å². The molecule has 2 rings (SSSR count). The number of rotatable bonds is 2. The molecular weight excluding hydrogens is 289 g/mol. The van der Waals surface area contributed by atoms with Crippen LogP contribution in [0.3, 0.4) is 0 Å². The number of pyridine rings is 1. The van der Waals surface area contributed by atoms with Gasteiger partial charge >= 0.3 is 0 Å². The summed E-state index contributed by atoms with van der Waals surface area (Å²) < 4.78 is 0.610. The third kappa shape index (κ3) is 2.50. The van der Waals surface area contributed by atoms with Crippen molar-refractivity contribution < 1.29 is 5.11 Å². The third-order valence-electron chi connectivity index (χ3n) is 1.96. The molecular formula is C10H6Cl3NOS. The lowest BCUT2D eigenvalue weighted by Crippen LogP contribution is -2.01. The van der Waals surface area contributed by atoms with Crippen LogP contribution in [0.4, 0.5) is 0 Å². The minimum atomic E-state index is -0.873. The highest BCUT2D eigenvalue weighted by Crippen LogP contribution is 2.33. The molecule has 0 aliphatic carbocycles. The standard InChI is InChI=1S/C10H6Cl3NOS/c11-5-3-6(12)9(14-4-5)10(15)7-1-2-8(13)16-7/h1-4,10,15H. The number of hydrogen-bond donors (Lipinski definition) is 1. The van der Waals surface area contributed by atoms with Crippen LogP contribution in [0.15, 0.2) is 24.4 Å². The van der Waals surface area contributed by atoms with Crippen molar-refractivity contribution in [2.24, 2.45) is 0 Å². The summed E-state index contributed by atoms with van der Waals surface area (Å²) in [6.07, 6.45) is 0.573. The predicted octanol–water partition coefficient (Wildman–Crippen LogP) is 4.19. The average molecular weight is 295 g/mol. The maximum atomic E-state index is 10.0. The van der Waals surface area contributed by atoms with Crippen molar-refractivity contribution in [1.82, 2.24) is 4.98 Å². The second kappa shape index (κ2) is 4.90. The lowest BCUT2D eigenvalue weighted by molar-refractivity contribution is 0.219. The third-order valence-corrected chi connectivity index (χ3v) is 3.75. The molecule has 0 saturated heterocycles. The van der Waals surface area contributed by atoms with Crippen LogP contribution in [0.25, 0.3) is 0 Å². The van der Waals surface area contributed by atoms with E-state index in [0.717, 1.165) is 0 Å². The number of aromatic nitrogens is 1. The Bertz CT molecular complexity index is 515. The zero-order chi connectivity index (χ0) is 11.7. The van der Waals surface area contributed by atoms with Gasteiger partial charge in [0.25, 0.3) is 0 Å². The van der Waals surface area contributed by atoms with E-state index in [9.17, 15) is 5.11 Å². The summed E-state index contributed by atoms with van der Waals surface area (Å²) >= 11 is 18.7. The Morgan fingerprint density at radius 2 is 2.00 bits per heavy atom. The second-order valence-corrected chi connectivity index (χ2v) is 5.66. The molecule has 84 valence electrons. The van der Waals surface area contributed by atoms with Crippen LogP contribution in [-0.2, 0) is 0 Å². The summed E-state index contributed by atoms with van der Waals surface area (Å²) in [5.74, 6) is 0. The first-order valence-electron chi connectivity index (χ1n) is 4.32. The quantitative estimate of drug-likeness (QED) is 0.901. The molecule has 2 aromatic heterocycles. The smallest absolute Gasteiger partial charge is 0.132 e. The zero-order valence-electron chi connectivity index (χ0n) is 7.82. The highest BCUT2D eigenvalue weighted by atomic mass is 35.5. The second-order valence-electron chi connectivity index (χ2n) is 3.07. The van der Waals surface area contributed by atoms with Crippen molar-refractivity contribution in [3.8, 4) is 0 Å². The van der Waals surface area contributed by atoms with Crippen molar-refractivity contribution in [3.05, 3.63) is 49.3 Å². The fourth-order valence-corrected chi connectivity index (χ4v) is 2.77. The molecule has 0 aliphatic rings. The van der Waals surface area contributed by atoms with Gasteiger partial charge in [-0.15, -0.1) is 11.3 Å². The van der Waals surface area contributed by atoms with E-state index < -0.39 is 6.10 Å². The molecule has 0 fully saturated rings. The van der Waals surface area contributed by atoms with Crippen molar-refractivity contribution in [3.63, 3.8) is 0 Å². The first-order valence-corrected chi connectivity index (χ1v) is 6.27. The number of nitrogens with zero attached hydrogens (tertiary/aromatic N) is 1. The van der Waals surface area contributed by atoms with Crippen LogP contribution < -0.4 is 0 Å². The monoisotopic (exact) mass is 293 g/mol. The van der Waals surface area contributed by atoms with Crippen molar-refractivity contribution in [2.75, 3.05) is 0 Å².